The van der Waals surface area contributed by atoms with E-state index in [0.717, 1.165) is 0 Å². The average Bonchev–Trinajstić information content (AvgIpc) is 2.81. The fourth-order valence-corrected chi connectivity index (χ4v) is 4.20. The summed E-state index contributed by atoms with van der Waals surface area (Å²) in [5, 5.41) is 3.87. The highest BCUT2D eigenvalue weighted by atomic mass is 35.5. The van der Waals surface area contributed by atoms with Crippen molar-refractivity contribution in [1.82, 2.24) is 19.4 Å². The first-order valence-corrected chi connectivity index (χ1v) is 11.3. The van der Waals surface area contributed by atoms with Gasteiger partial charge in [-0.05, 0) is 31.2 Å². The molecule has 0 bridgehead atoms. The van der Waals surface area contributed by atoms with Crippen molar-refractivity contribution in [2.75, 3.05) is 38.0 Å². The first kappa shape index (κ1) is 22.9. The first-order valence-electron chi connectivity index (χ1n) is 10.9. The van der Waals surface area contributed by atoms with Gasteiger partial charge in [0.05, 0.1) is 28.2 Å². The molecule has 3 aromatic rings. The van der Waals surface area contributed by atoms with Crippen molar-refractivity contribution in [1.29, 1.82) is 0 Å². The van der Waals surface area contributed by atoms with Crippen LogP contribution in [0.5, 0.6) is 0 Å². The van der Waals surface area contributed by atoms with Gasteiger partial charge >= 0.3 is 0 Å². The molecular weight excluding hydrogens is 442 g/mol. The lowest BCUT2D eigenvalue weighted by atomic mass is 10.2. The van der Waals surface area contributed by atoms with E-state index in [-0.39, 0.29) is 30.3 Å². The third-order valence-electron chi connectivity index (χ3n) is 5.84. The molecule has 1 aliphatic heterocycles. The number of hydrogen-bond donors (Lipinski definition) is 1. The number of aromatic nitrogens is 2. The maximum atomic E-state index is 12.8. The Labute approximate surface area is 196 Å². The lowest BCUT2D eigenvalue weighted by molar-refractivity contribution is -0.133. The number of anilines is 1. The number of amides is 2. The van der Waals surface area contributed by atoms with Gasteiger partial charge in [0, 0.05) is 39.1 Å². The Bertz CT molecular complexity index is 1230. The number of para-hydroxylation sites is 2. The number of nitrogens with one attached hydrogen (secondary N) is 1. The van der Waals surface area contributed by atoms with Crippen LogP contribution < -0.4 is 10.9 Å². The number of fused-ring (bicyclic) bond motifs is 1. The normalized spacial score (nSPS) is 14.4. The van der Waals surface area contributed by atoms with Crippen LogP contribution in [0.3, 0.4) is 0 Å². The largest absolute Gasteiger partial charge is 0.340 e. The second-order valence-electron chi connectivity index (χ2n) is 8.07. The van der Waals surface area contributed by atoms with Crippen molar-refractivity contribution < 1.29 is 9.59 Å². The number of nitrogens with zero attached hydrogens (tertiary/aromatic N) is 4. The molecule has 1 N–H and O–H groups in total. The number of benzene rings is 2. The minimum atomic E-state index is -0.137. The van der Waals surface area contributed by atoms with E-state index in [2.05, 4.69) is 10.3 Å². The smallest absolute Gasteiger partial charge is 0.261 e. The van der Waals surface area contributed by atoms with Crippen molar-refractivity contribution in [3.8, 4) is 0 Å². The molecule has 0 saturated carbocycles. The molecular formula is C24H26ClN5O3. The molecule has 0 unspecified atom stereocenters. The Morgan fingerprint density at radius 1 is 1.03 bits per heavy atom. The van der Waals surface area contributed by atoms with Crippen LogP contribution in [-0.2, 0) is 16.1 Å². The van der Waals surface area contributed by atoms with Crippen LogP contribution in [0.4, 0.5) is 5.69 Å². The molecule has 0 aliphatic carbocycles. The molecule has 172 valence electrons. The summed E-state index contributed by atoms with van der Waals surface area (Å²) in [6, 6.07) is 14.3. The van der Waals surface area contributed by atoms with E-state index >= 15 is 0 Å². The van der Waals surface area contributed by atoms with Gasteiger partial charge in [-0.25, -0.2) is 4.98 Å². The minimum Gasteiger partial charge on any atom is -0.340 e. The van der Waals surface area contributed by atoms with E-state index in [1.165, 1.54) is 0 Å². The van der Waals surface area contributed by atoms with Gasteiger partial charge in [-0.2, -0.15) is 0 Å². The summed E-state index contributed by atoms with van der Waals surface area (Å²) in [6.45, 7) is 4.62. The fraction of sp³-hybridized carbons (Fsp3) is 0.333. The molecule has 2 aromatic carbocycles. The highest BCUT2D eigenvalue weighted by molar-refractivity contribution is 6.33. The number of carbonyl (C=O) groups excluding carboxylic acids is 2. The van der Waals surface area contributed by atoms with Gasteiger partial charge in [-0.15, -0.1) is 0 Å². The maximum absolute atomic E-state index is 12.8. The van der Waals surface area contributed by atoms with Crippen molar-refractivity contribution in [2.24, 2.45) is 0 Å². The Morgan fingerprint density at radius 2 is 1.73 bits per heavy atom. The summed E-state index contributed by atoms with van der Waals surface area (Å²) >= 11 is 6.09. The maximum Gasteiger partial charge on any atom is 0.261 e. The highest BCUT2D eigenvalue weighted by Crippen LogP contribution is 2.20. The van der Waals surface area contributed by atoms with Crippen LogP contribution in [-0.4, -0.2) is 63.9 Å². The van der Waals surface area contributed by atoms with Gasteiger partial charge in [0.15, 0.2) is 0 Å². The molecule has 0 atom stereocenters. The third kappa shape index (κ3) is 5.40. The summed E-state index contributed by atoms with van der Waals surface area (Å²) in [6.07, 6.45) is 0.230. The van der Waals surface area contributed by atoms with Crippen molar-refractivity contribution in [2.45, 2.75) is 19.9 Å². The lowest BCUT2D eigenvalue weighted by Gasteiger charge is -2.34. The number of piperazine rings is 1. The van der Waals surface area contributed by atoms with Crippen molar-refractivity contribution in [3.63, 3.8) is 0 Å². The van der Waals surface area contributed by atoms with Crippen molar-refractivity contribution >= 4 is 40.0 Å². The summed E-state index contributed by atoms with van der Waals surface area (Å²) < 4.78 is 1.57. The SMILES string of the molecule is Cc1nc2ccccc2c(=O)n1CCC(=O)N1CCN(CC(=O)Nc2ccccc2Cl)CC1. The Balaban J connectivity index is 1.28. The van der Waals surface area contributed by atoms with E-state index < -0.39 is 0 Å². The zero-order valence-corrected chi connectivity index (χ0v) is 19.2. The molecule has 0 radical (unpaired) electrons. The number of halogens is 1. The predicted octanol–water partition coefficient (Wildman–Crippen LogP) is 2.53. The standard InChI is InChI=1S/C24H26ClN5O3/c1-17-26-20-8-4-2-6-18(20)24(33)30(17)11-10-23(32)29-14-12-28(13-15-29)16-22(31)27-21-9-5-3-7-19(21)25/h2-9H,10-16H2,1H3,(H,27,31). The van der Waals surface area contributed by atoms with Gasteiger partial charge in [0.1, 0.15) is 5.82 Å². The predicted molar refractivity (Wildman–Crippen MR) is 128 cm³/mol. The molecule has 2 amide bonds. The second kappa shape index (κ2) is 10.1. The Hall–Kier alpha value is -3.23. The number of carbonyl (C=O) groups is 2. The first-order chi connectivity index (χ1) is 15.9. The zero-order chi connectivity index (χ0) is 23.4. The summed E-state index contributed by atoms with van der Waals surface area (Å²) in [5.41, 5.74) is 1.13. The summed E-state index contributed by atoms with van der Waals surface area (Å²) in [4.78, 5) is 46.1. The van der Waals surface area contributed by atoms with E-state index in [9.17, 15) is 14.4 Å². The monoisotopic (exact) mass is 467 g/mol. The number of aryl methyl sites for hydroxylation is 1. The lowest BCUT2D eigenvalue weighted by Crippen LogP contribution is -2.50. The average molecular weight is 468 g/mol. The third-order valence-corrected chi connectivity index (χ3v) is 6.17. The topological polar surface area (TPSA) is 87.5 Å². The van der Waals surface area contributed by atoms with Crippen LogP contribution in [0.25, 0.3) is 10.9 Å². The van der Waals surface area contributed by atoms with Gasteiger partial charge < -0.3 is 10.2 Å². The number of rotatable bonds is 6. The Kier molecular flexibility index (Phi) is 7.05. The number of hydrogen-bond acceptors (Lipinski definition) is 5. The van der Waals surface area contributed by atoms with Crippen LogP contribution >= 0.6 is 11.6 Å². The molecule has 33 heavy (non-hydrogen) atoms. The van der Waals surface area contributed by atoms with Crippen LogP contribution in [0.1, 0.15) is 12.2 Å². The van der Waals surface area contributed by atoms with Gasteiger partial charge in [0.2, 0.25) is 11.8 Å². The molecule has 4 rings (SSSR count). The molecule has 2 heterocycles. The molecule has 8 nitrogen and oxygen atoms in total. The molecule has 1 aromatic heterocycles. The van der Waals surface area contributed by atoms with E-state index in [0.29, 0.717) is 60.2 Å². The van der Waals surface area contributed by atoms with Crippen molar-refractivity contribution in [3.05, 3.63) is 69.7 Å². The van der Waals surface area contributed by atoms with Gasteiger partial charge in [0.25, 0.3) is 5.56 Å². The van der Waals surface area contributed by atoms with Gasteiger partial charge in [-0.3, -0.25) is 23.9 Å². The fourth-order valence-electron chi connectivity index (χ4n) is 4.02. The molecule has 9 heteroatoms. The minimum absolute atomic E-state index is 0.00497. The van der Waals surface area contributed by atoms with E-state index in [4.69, 9.17) is 11.6 Å². The quantitative estimate of drug-likeness (QED) is 0.602. The molecule has 1 fully saturated rings. The molecule has 1 saturated heterocycles. The van der Waals surface area contributed by atoms with Gasteiger partial charge in [-0.1, -0.05) is 35.9 Å². The molecule has 1 aliphatic rings. The van der Waals surface area contributed by atoms with E-state index in [1.807, 2.05) is 35.2 Å². The van der Waals surface area contributed by atoms with E-state index in [1.54, 1.807) is 34.6 Å². The zero-order valence-electron chi connectivity index (χ0n) is 18.5. The second-order valence-corrected chi connectivity index (χ2v) is 8.48. The van der Waals surface area contributed by atoms with Crippen LogP contribution in [0.15, 0.2) is 53.3 Å². The van der Waals surface area contributed by atoms with Crippen LogP contribution in [0.2, 0.25) is 5.02 Å². The summed E-state index contributed by atoms with van der Waals surface area (Å²) in [5.74, 6) is 0.456. The van der Waals surface area contributed by atoms with Crippen LogP contribution in [0, 0.1) is 6.92 Å². The Morgan fingerprint density at radius 3 is 2.48 bits per heavy atom. The highest BCUT2D eigenvalue weighted by Gasteiger charge is 2.23. The molecule has 0 spiro atoms. The summed E-state index contributed by atoms with van der Waals surface area (Å²) in [7, 11) is 0.